The second-order valence-electron chi connectivity index (χ2n) is 6.50. The number of sulfonamides is 1. The Hall–Kier alpha value is -2.25. The molecule has 7 heteroatoms. The van der Waals surface area contributed by atoms with Crippen LogP contribution in [0.3, 0.4) is 0 Å². The first kappa shape index (κ1) is 16.2. The predicted octanol–water partition coefficient (Wildman–Crippen LogP) is 2.11. The van der Waals surface area contributed by atoms with Crippen molar-refractivity contribution < 1.29 is 8.42 Å². The molecule has 0 saturated carbocycles. The van der Waals surface area contributed by atoms with E-state index in [9.17, 15) is 8.42 Å². The Morgan fingerprint density at radius 1 is 1.16 bits per heavy atom. The van der Waals surface area contributed by atoms with Crippen LogP contribution in [0.2, 0.25) is 0 Å². The molecular weight excluding hydrogens is 336 g/mol. The molecule has 1 N–H and O–H groups in total. The number of pyridine rings is 1. The molecule has 1 aliphatic heterocycles. The summed E-state index contributed by atoms with van der Waals surface area (Å²) >= 11 is 0. The normalized spacial score (nSPS) is 17.5. The van der Waals surface area contributed by atoms with Gasteiger partial charge in [-0.2, -0.15) is 0 Å². The van der Waals surface area contributed by atoms with Crippen LogP contribution in [-0.4, -0.2) is 29.5 Å². The Morgan fingerprint density at radius 2 is 2.04 bits per heavy atom. The molecule has 0 radical (unpaired) electrons. The third kappa shape index (κ3) is 3.57. The van der Waals surface area contributed by atoms with Crippen molar-refractivity contribution >= 4 is 20.9 Å². The molecule has 1 atom stereocenters. The molecule has 3 aromatic rings. The Balaban J connectivity index is 1.44. The van der Waals surface area contributed by atoms with E-state index in [-0.39, 0.29) is 11.7 Å². The van der Waals surface area contributed by atoms with Gasteiger partial charge >= 0.3 is 0 Å². The van der Waals surface area contributed by atoms with Crippen molar-refractivity contribution in [2.45, 2.75) is 25.1 Å². The number of benzene rings is 1. The molecule has 6 nitrogen and oxygen atoms in total. The minimum Gasteiger partial charge on any atom is -0.335 e. The summed E-state index contributed by atoms with van der Waals surface area (Å²) in [5, 5.41) is 0.953. The Labute approximate surface area is 147 Å². The number of imidazole rings is 1. The fourth-order valence-electron chi connectivity index (χ4n) is 3.37. The SMILES string of the molecule is O=S(=O)(Cc1cccc2cccnc12)NCC1CCn2ccnc2C1. The molecular formula is C18H20N4O2S. The summed E-state index contributed by atoms with van der Waals surface area (Å²) in [5.74, 6) is 1.27. The topological polar surface area (TPSA) is 76.9 Å². The van der Waals surface area contributed by atoms with Crippen LogP contribution in [-0.2, 0) is 28.7 Å². The van der Waals surface area contributed by atoms with Crippen molar-refractivity contribution in [3.8, 4) is 0 Å². The Morgan fingerprint density at radius 3 is 2.96 bits per heavy atom. The van der Waals surface area contributed by atoms with Crippen molar-refractivity contribution in [3.05, 3.63) is 60.3 Å². The highest BCUT2D eigenvalue weighted by Gasteiger charge is 2.21. The number of hydrogen-bond donors (Lipinski definition) is 1. The van der Waals surface area contributed by atoms with E-state index in [1.165, 1.54) is 0 Å². The summed E-state index contributed by atoms with van der Waals surface area (Å²) in [5.41, 5.74) is 1.47. The Kier molecular flexibility index (Phi) is 4.27. The van der Waals surface area contributed by atoms with E-state index in [0.29, 0.717) is 6.54 Å². The second kappa shape index (κ2) is 6.57. The lowest BCUT2D eigenvalue weighted by molar-refractivity contribution is 0.379. The summed E-state index contributed by atoms with van der Waals surface area (Å²) in [6.07, 6.45) is 7.24. The standard InChI is InChI=1S/C18H20N4O2S/c23-25(24,13-16-4-1-3-15-5-2-7-20-18(15)16)21-12-14-6-9-22-10-8-19-17(22)11-14/h1-5,7-8,10,14,21H,6,9,11-13H2. The smallest absolute Gasteiger partial charge is 0.215 e. The zero-order valence-electron chi connectivity index (χ0n) is 13.8. The van der Waals surface area contributed by atoms with Gasteiger partial charge in [0.15, 0.2) is 0 Å². The van der Waals surface area contributed by atoms with E-state index in [4.69, 9.17) is 0 Å². The third-order valence-corrected chi connectivity index (χ3v) is 6.00. The number of nitrogens with one attached hydrogen (secondary N) is 1. The molecule has 0 fully saturated rings. The van der Waals surface area contributed by atoms with E-state index < -0.39 is 10.0 Å². The van der Waals surface area contributed by atoms with Crippen LogP contribution in [0.1, 0.15) is 17.8 Å². The summed E-state index contributed by atoms with van der Waals surface area (Å²) in [7, 11) is -3.41. The summed E-state index contributed by atoms with van der Waals surface area (Å²) in [6.45, 7) is 1.35. The lowest BCUT2D eigenvalue weighted by Crippen LogP contribution is -2.33. The molecule has 0 bridgehead atoms. The fourth-order valence-corrected chi connectivity index (χ4v) is 4.61. The first-order valence-corrected chi connectivity index (χ1v) is 10.1. The highest BCUT2D eigenvalue weighted by molar-refractivity contribution is 7.88. The molecule has 130 valence electrons. The van der Waals surface area contributed by atoms with E-state index in [1.54, 1.807) is 12.4 Å². The van der Waals surface area contributed by atoms with Crippen LogP contribution in [0, 0.1) is 5.92 Å². The van der Waals surface area contributed by atoms with Crippen LogP contribution in [0.4, 0.5) is 0 Å². The van der Waals surface area contributed by atoms with Crippen molar-refractivity contribution in [3.63, 3.8) is 0 Å². The van der Waals surface area contributed by atoms with Gasteiger partial charge in [-0.3, -0.25) is 4.98 Å². The molecule has 3 heterocycles. The first-order chi connectivity index (χ1) is 12.1. The van der Waals surface area contributed by atoms with Crippen LogP contribution in [0.5, 0.6) is 0 Å². The number of fused-ring (bicyclic) bond motifs is 2. The molecule has 0 saturated heterocycles. The largest absolute Gasteiger partial charge is 0.335 e. The molecule has 1 unspecified atom stereocenters. The average Bonchev–Trinajstić information content (AvgIpc) is 3.08. The molecule has 1 aromatic carbocycles. The van der Waals surface area contributed by atoms with E-state index in [1.807, 2.05) is 36.5 Å². The average molecular weight is 356 g/mol. The molecule has 0 aliphatic carbocycles. The van der Waals surface area contributed by atoms with Gasteiger partial charge in [0, 0.05) is 43.5 Å². The summed E-state index contributed by atoms with van der Waals surface area (Å²) in [4.78, 5) is 8.66. The molecule has 0 spiro atoms. The second-order valence-corrected chi connectivity index (χ2v) is 8.30. The number of nitrogens with zero attached hydrogens (tertiary/aromatic N) is 3. The van der Waals surface area contributed by atoms with Gasteiger partial charge in [0.2, 0.25) is 10.0 Å². The highest BCUT2D eigenvalue weighted by atomic mass is 32.2. The van der Waals surface area contributed by atoms with E-state index >= 15 is 0 Å². The van der Waals surface area contributed by atoms with Gasteiger partial charge in [0.25, 0.3) is 0 Å². The van der Waals surface area contributed by atoms with Gasteiger partial charge in [-0.15, -0.1) is 0 Å². The van der Waals surface area contributed by atoms with Crippen LogP contribution in [0.25, 0.3) is 10.9 Å². The van der Waals surface area contributed by atoms with Gasteiger partial charge in [-0.05, 0) is 24.0 Å². The van der Waals surface area contributed by atoms with Crippen LogP contribution < -0.4 is 4.72 Å². The lowest BCUT2D eigenvalue weighted by Gasteiger charge is -2.23. The van der Waals surface area contributed by atoms with Gasteiger partial charge in [-0.1, -0.05) is 24.3 Å². The maximum Gasteiger partial charge on any atom is 0.215 e. The summed E-state index contributed by atoms with van der Waals surface area (Å²) < 4.78 is 29.9. The highest BCUT2D eigenvalue weighted by Crippen LogP contribution is 2.20. The van der Waals surface area contributed by atoms with Gasteiger partial charge < -0.3 is 4.57 Å². The molecule has 1 aliphatic rings. The molecule has 0 amide bonds. The number of aromatic nitrogens is 3. The van der Waals surface area contributed by atoms with Gasteiger partial charge in [0.1, 0.15) is 5.82 Å². The molecule has 2 aromatic heterocycles. The van der Waals surface area contributed by atoms with Crippen molar-refractivity contribution in [1.29, 1.82) is 0 Å². The van der Waals surface area contributed by atoms with Crippen molar-refractivity contribution in [1.82, 2.24) is 19.3 Å². The Bertz CT molecular complexity index is 992. The van der Waals surface area contributed by atoms with E-state index in [2.05, 4.69) is 19.3 Å². The van der Waals surface area contributed by atoms with E-state index in [0.717, 1.165) is 41.7 Å². The number of aryl methyl sites for hydroxylation is 1. The van der Waals surface area contributed by atoms with Crippen molar-refractivity contribution in [2.75, 3.05) is 6.54 Å². The fraction of sp³-hybridized carbons (Fsp3) is 0.333. The maximum absolute atomic E-state index is 12.5. The predicted molar refractivity (Wildman–Crippen MR) is 96.4 cm³/mol. The summed E-state index contributed by atoms with van der Waals surface area (Å²) in [6, 6.07) is 9.43. The number of hydrogen-bond acceptors (Lipinski definition) is 4. The monoisotopic (exact) mass is 356 g/mol. The van der Waals surface area contributed by atoms with Crippen molar-refractivity contribution in [2.24, 2.45) is 5.92 Å². The quantitative estimate of drug-likeness (QED) is 0.760. The minimum atomic E-state index is -3.41. The zero-order valence-corrected chi connectivity index (χ0v) is 14.6. The van der Waals surface area contributed by atoms with Gasteiger partial charge in [-0.25, -0.2) is 18.1 Å². The third-order valence-electron chi connectivity index (χ3n) is 4.70. The van der Waals surface area contributed by atoms with Crippen LogP contribution >= 0.6 is 0 Å². The maximum atomic E-state index is 12.5. The lowest BCUT2D eigenvalue weighted by atomic mass is 9.98. The zero-order chi connectivity index (χ0) is 17.3. The number of para-hydroxylation sites is 1. The van der Waals surface area contributed by atoms with Crippen LogP contribution in [0.15, 0.2) is 48.9 Å². The first-order valence-electron chi connectivity index (χ1n) is 8.41. The molecule has 4 rings (SSSR count). The molecule has 25 heavy (non-hydrogen) atoms. The van der Waals surface area contributed by atoms with Gasteiger partial charge in [0.05, 0.1) is 11.3 Å². The number of rotatable bonds is 5. The minimum absolute atomic E-state index is 0.0529.